The van der Waals surface area contributed by atoms with Crippen molar-refractivity contribution in [3.8, 4) is 0 Å². The van der Waals surface area contributed by atoms with Crippen LogP contribution in [0.4, 0.5) is 0 Å². The van der Waals surface area contributed by atoms with Gasteiger partial charge >= 0.3 is 0 Å². The van der Waals surface area contributed by atoms with Gasteiger partial charge in [-0.2, -0.15) is 0 Å². The van der Waals surface area contributed by atoms with Crippen molar-refractivity contribution in [2.45, 2.75) is 57.8 Å². The molecule has 1 rings (SSSR count). The minimum atomic E-state index is 0.535. The Labute approximate surface area is 103 Å². The highest BCUT2D eigenvalue weighted by Crippen LogP contribution is 2.43. The number of allylic oxidation sites excluding steroid dienone is 2. The Balaban J connectivity index is 2.96. The molecule has 1 aliphatic carbocycles. The van der Waals surface area contributed by atoms with E-state index < -0.39 is 0 Å². The monoisotopic (exact) mass is 306 g/mol. The molecule has 0 spiro atoms. The Bertz CT molecular complexity index is 234. The summed E-state index contributed by atoms with van der Waals surface area (Å²) in [5.74, 6) is 0.748. The quantitative estimate of drug-likeness (QED) is 0.384. The van der Waals surface area contributed by atoms with Crippen LogP contribution < -0.4 is 0 Å². The number of hydrogen-bond acceptors (Lipinski definition) is 0. The van der Waals surface area contributed by atoms with E-state index in [1.54, 1.807) is 11.1 Å². The molecule has 0 nitrogen and oxygen atoms in total. The van der Waals surface area contributed by atoms with Gasteiger partial charge in [-0.15, -0.1) is 0 Å². The van der Waals surface area contributed by atoms with E-state index in [-0.39, 0.29) is 0 Å². The minimum absolute atomic E-state index is 0.535. The van der Waals surface area contributed by atoms with Crippen molar-refractivity contribution in [3.63, 3.8) is 0 Å². The molecule has 0 fully saturated rings. The molecule has 0 aromatic carbocycles. The fourth-order valence-corrected chi connectivity index (χ4v) is 3.03. The van der Waals surface area contributed by atoms with Crippen LogP contribution in [0.15, 0.2) is 11.1 Å². The van der Waals surface area contributed by atoms with Crippen molar-refractivity contribution in [1.29, 1.82) is 0 Å². The van der Waals surface area contributed by atoms with E-state index in [0.717, 1.165) is 5.92 Å². The number of rotatable bonds is 2. The molecule has 0 N–H and O–H groups in total. The van der Waals surface area contributed by atoms with Gasteiger partial charge in [0.15, 0.2) is 0 Å². The number of alkyl halides is 1. The Kier molecular flexibility index (Phi) is 4.07. The van der Waals surface area contributed by atoms with E-state index in [2.05, 4.69) is 57.2 Å². The molecule has 0 heterocycles. The zero-order valence-corrected chi connectivity index (χ0v) is 12.3. The van der Waals surface area contributed by atoms with Crippen LogP contribution in [0.5, 0.6) is 0 Å². The summed E-state index contributed by atoms with van der Waals surface area (Å²) in [5, 5.41) is 0. The molecule has 0 saturated carbocycles. The van der Waals surface area contributed by atoms with E-state index in [1.807, 2.05) is 0 Å². The van der Waals surface area contributed by atoms with E-state index in [1.165, 1.54) is 19.3 Å². The molecule has 0 amide bonds. The lowest BCUT2D eigenvalue weighted by Gasteiger charge is -2.36. The molecular weight excluding hydrogens is 283 g/mol. The highest BCUT2D eigenvalue weighted by molar-refractivity contribution is 14.1. The van der Waals surface area contributed by atoms with Gasteiger partial charge in [0.25, 0.3) is 0 Å². The van der Waals surface area contributed by atoms with Crippen molar-refractivity contribution in [3.05, 3.63) is 11.1 Å². The van der Waals surface area contributed by atoms with Gasteiger partial charge in [-0.25, -0.2) is 0 Å². The van der Waals surface area contributed by atoms with Crippen molar-refractivity contribution < 1.29 is 0 Å². The lowest BCUT2D eigenvalue weighted by atomic mass is 9.71. The first-order valence-electron chi connectivity index (χ1n) is 5.69. The van der Waals surface area contributed by atoms with E-state index >= 15 is 0 Å². The zero-order chi connectivity index (χ0) is 10.9. The van der Waals surface area contributed by atoms with Gasteiger partial charge in [0.1, 0.15) is 0 Å². The second kappa shape index (κ2) is 4.54. The molecule has 14 heavy (non-hydrogen) atoms. The van der Waals surface area contributed by atoms with E-state index in [4.69, 9.17) is 0 Å². The van der Waals surface area contributed by atoms with Crippen LogP contribution in [0, 0.1) is 11.3 Å². The first-order valence-corrected chi connectivity index (χ1v) is 6.94. The smallest absolute Gasteiger partial charge is 0.0293 e. The van der Waals surface area contributed by atoms with Gasteiger partial charge in [-0.05, 0) is 37.5 Å². The van der Waals surface area contributed by atoms with Crippen LogP contribution in [0.3, 0.4) is 0 Å². The standard InChI is InChI=1S/C13H23I/c1-9(2)11-6-7-13(4,5)8-12(11)10(3)14/h9-10H,6-8H2,1-5H3. The van der Waals surface area contributed by atoms with Crippen LogP contribution in [0.1, 0.15) is 53.9 Å². The second-order valence-electron chi connectivity index (χ2n) is 5.66. The van der Waals surface area contributed by atoms with Crippen molar-refractivity contribution in [2.24, 2.45) is 11.3 Å². The maximum Gasteiger partial charge on any atom is 0.0293 e. The molecule has 0 radical (unpaired) electrons. The van der Waals surface area contributed by atoms with Crippen molar-refractivity contribution in [2.75, 3.05) is 0 Å². The lowest BCUT2D eigenvalue weighted by Crippen LogP contribution is -2.23. The highest BCUT2D eigenvalue weighted by atomic mass is 127. The van der Waals surface area contributed by atoms with Gasteiger partial charge in [0, 0.05) is 3.92 Å². The summed E-state index contributed by atoms with van der Waals surface area (Å²) in [4.78, 5) is 0. The summed E-state index contributed by atoms with van der Waals surface area (Å²) in [6.45, 7) is 11.8. The number of halogens is 1. The summed E-state index contributed by atoms with van der Waals surface area (Å²) in [7, 11) is 0. The number of hydrogen-bond donors (Lipinski definition) is 0. The maximum absolute atomic E-state index is 2.57. The minimum Gasteiger partial charge on any atom is -0.0781 e. The average molecular weight is 306 g/mol. The summed E-state index contributed by atoms with van der Waals surface area (Å²) < 4.78 is 0.713. The first kappa shape index (κ1) is 12.5. The molecule has 1 unspecified atom stereocenters. The normalized spacial score (nSPS) is 24.2. The molecule has 1 atom stereocenters. The molecule has 0 bridgehead atoms. The maximum atomic E-state index is 2.57. The van der Waals surface area contributed by atoms with Gasteiger partial charge in [-0.1, -0.05) is 61.4 Å². The Morgan fingerprint density at radius 3 is 2.14 bits per heavy atom. The SMILES string of the molecule is CC(C)C1=C(C(C)I)CC(C)(C)CC1. The molecule has 0 saturated heterocycles. The Hall–Kier alpha value is 0.470. The van der Waals surface area contributed by atoms with Crippen LogP contribution in [-0.4, -0.2) is 3.92 Å². The van der Waals surface area contributed by atoms with Gasteiger partial charge in [0.2, 0.25) is 0 Å². The third-order valence-electron chi connectivity index (χ3n) is 3.33. The van der Waals surface area contributed by atoms with E-state index in [9.17, 15) is 0 Å². The molecule has 82 valence electrons. The van der Waals surface area contributed by atoms with Crippen LogP contribution in [0.25, 0.3) is 0 Å². The van der Waals surface area contributed by atoms with Gasteiger partial charge < -0.3 is 0 Å². The predicted octanol–water partition coefficient (Wildman–Crippen LogP) is 4.97. The van der Waals surface area contributed by atoms with Crippen LogP contribution in [0.2, 0.25) is 0 Å². The average Bonchev–Trinajstić information content (AvgIpc) is 2.01. The van der Waals surface area contributed by atoms with Crippen LogP contribution in [-0.2, 0) is 0 Å². The molecule has 0 aliphatic heterocycles. The molecule has 1 aliphatic rings. The lowest BCUT2D eigenvalue weighted by molar-refractivity contribution is 0.304. The molecule has 0 aromatic rings. The molecule has 1 heteroatoms. The summed E-state index contributed by atoms with van der Waals surface area (Å²) in [6, 6.07) is 0. The van der Waals surface area contributed by atoms with Crippen molar-refractivity contribution >= 4 is 22.6 Å². The summed E-state index contributed by atoms with van der Waals surface area (Å²) in [5.41, 5.74) is 4.01. The third kappa shape index (κ3) is 2.98. The summed E-state index contributed by atoms with van der Waals surface area (Å²) in [6.07, 6.45) is 4.01. The first-order chi connectivity index (χ1) is 6.33. The summed E-state index contributed by atoms with van der Waals surface area (Å²) >= 11 is 2.57. The van der Waals surface area contributed by atoms with Crippen LogP contribution >= 0.6 is 22.6 Å². The molecular formula is C13H23I. The van der Waals surface area contributed by atoms with Gasteiger partial charge in [0.05, 0.1) is 0 Å². The fourth-order valence-electron chi connectivity index (χ4n) is 2.41. The molecule has 0 aromatic heterocycles. The topological polar surface area (TPSA) is 0 Å². The third-order valence-corrected chi connectivity index (χ3v) is 4.08. The Morgan fingerprint density at radius 1 is 1.14 bits per heavy atom. The zero-order valence-electron chi connectivity index (χ0n) is 10.2. The predicted molar refractivity (Wildman–Crippen MR) is 73.0 cm³/mol. The van der Waals surface area contributed by atoms with Crippen molar-refractivity contribution in [1.82, 2.24) is 0 Å². The van der Waals surface area contributed by atoms with Gasteiger partial charge in [-0.3, -0.25) is 0 Å². The van der Waals surface area contributed by atoms with E-state index in [0.29, 0.717) is 9.34 Å². The largest absolute Gasteiger partial charge is 0.0781 e. The fraction of sp³-hybridized carbons (Fsp3) is 0.846. The highest BCUT2D eigenvalue weighted by Gasteiger charge is 2.29. The Morgan fingerprint density at radius 2 is 1.71 bits per heavy atom. The second-order valence-corrected chi connectivity index (χ2v) is 7.53.